The Hall–Kier alpha value is -0.120. The van der Waals surface area contributed by atoms with Crippen molar-refractivity contribution in [2.24, 2.45) is 11.3 Å². The highest BCUT2D eigenvalue weighted by Crippen LogP contribution is 2.49. The van der Waals surface area contributed by atoms with Crippen molar-refractivity contribution in [3.63, 3.8) is 0 Å². The van der Waals surface area contributed by atoms with Gasteiger partial charge in [0.1, 0.15) is 0 Å². The van der Waals surface area contributed by atoms with Crippen LogP contribution in [-0.2, 0) is 9.47 Å². The minimum atomic E-state index is 0.408. The van der Waals surface area contributed by atoms with Crippen molar-refractivity contribution in [2.45, 2.75) is 51.6 Å². The van der Waals surface area contributed by atoms with E-state index in [0.717, 1.165) is 32.2 Å². The number of rotatable bonds is 9. The van der Waals surface area contributed by atoms with E-state index in [2.05, 4.69) is 12.2 Å². The predicted molar refractivity (Wildman–Crippen MR) is 73.8 cm³/mol. The molecule has 0 amide bonds. The van der Waals surface area contributed by atoms with E-state index < -0.39 is 0 Å². The van der Waals surface area contributed by atoms with E-state index in [1.165, 1.54) is 38.5 Å². The Balaban J connectivity index is 1.88. The van der Waals surface area contributed by atoms with Crippen LogP contribution in [-0.4, -0.2) is 39.5 Å². The zero-order valence-electron chi connectivity index (χ0n) is 12.0. The molecular formula is C15H29NO2. The van der Waals surface area contributed by atoms with Gasteiger partial charge in [-0.1, -0.05) is 13.3 Å². The van der Waals surface area contributed by atoms with Gasteiger partial charge in [-0.15, -0.1) is 0 Å². The zero-order valence-corrected chi connectivity index (χ0v) is 12.0. The topological polar surface area (TPSA) is 30.5 Å². The molecule has 0 aromatic carbocycles. The highest BCUT2D eigenvalue weighted by molar-refractivity contribution is 5.00. The Morgan fingerprint density at radius 1 is 1.33 bits per heavy atom. The van der Waals surface area contributed by atoms with Crippen molar-refractivity contribution in [1.82, 2.24) is 5.32 Å². The molecule has 1 heterocycles. The summed E-state index contributed by atoms with van der Waals surface area (Å²) in [5.41, 5.74) is 0.408. The van der Waals surface area contributed by atoms with Gasteiger partial charge in [-0.05, 0) is 44.6 Å². The molecule has 2 fully saturated rings. The lowest BCUT2D eigenvalue weighted by molar-refractivity contribution is 0.0247. The maximum atomic E-state index is 6.08. The van der Waals surface area contributed by atoms with Gasteiger partial charge in [0.05, 0.1) is 6.10 Å². The summed E-state index contributed by atoms with van der Waals surface area (Å²) in [5.74, 6) is 0.855. The second-order valence-electron chi connectivity index (χ2n) is 5.97. The number of ether oxygens (including phenoxy) is 2. The van der Waals surface area contributed by atoms with Crippen molar-refractivity contribution in [3.8, 4) is 0 Å². The number of methoxy groups -OCH3 is 1. The third-order valence-electron chi connectivity index (χ3n) is 4.55. The first-order valence-electron chi connectivity index (χ1n) is 7.63. The van der Waals surface area contributed by atoms with Crippen molar-refractivity contribution in [1.29, 1.82) is 0 Å². The van der Waals surface area contributed by atoms with Gasteiger partial charge in [-0.25, -0.2) is 0 Å². The van der Waals surface area contributed by atoms with E-state index in [-0.39, 0.29) is 0 Å². The standard InChI is InChI=1S/C15H29NO2/c1-3-16-12-15(8-4-5-10-17-2)9-11-18-14(15)13-6-7-13/h13-14,16H,3-12H2,1-2H3. The summed E-state index contributed by atoms with van der Waals surface area (Å²) in [5, 5.41) is 3.57. The summed E-state index contributed by atoms with van der Waals surface area (Å²) >= 11 is 0. The molecule has 1 N–H and O–H groups in total. The third kappa shape index (κ3) is 3.46. The van der Waals surface area contributed by atoms with E-state index in [0.29, 0.717) is 11.5 Å². The van der Waals surface area contributed by atoms with Gasteiger partial charge in [0.2, 0.25) is 0 Å². The highest BCUT2D eigenvalue weighted by Gasteiger charge is 2.49. The summed E-state index contributed by atoms with van der Waals surface area (Å²) < 4.78 is 11.2. The zero-order chi connectivity index (χ0) is 12.8. The van der Waals surface area contributed by atoms with Crippen LogP contribution in [0.3, 0.4) is 0 Å². The summed E-state index contributed by atoms with van der Waals surface area (Å²) in [6.45, 7) is 6.26. The van der Waals surface area contributed by atoms with E-state index in [1.807, 2.05) is 0 Å². The molecule has 3 nitrogen and oxygen atoms in total. The fourth-order valence-corrected chi connectivity index (χ4v) is 3.39. The van der Waals surface area contributed by atoms with Crippen LogP contribution in [0.25, 0.3) is 0 Å². The number of hydrogen-bond donors (Lipinski definition) is 1. The summed E-state index contributed by atoms with van der Waals surface area (Å²) in [6, 6.07) is 0. The average Bonchev–Trinajstić information content (AvgIpc) is 3.14. The first-order valence-corrected chi connectivity index (χ1v) is 7.63. The van der Waals surface area contributed by atoms with E-state index in [9.17, 15) is 0 Å². The quantitative estimate of drug-likeness (QED) is 0.642. The smallest absolute Gasteiger partial charge is 0.0672 e. The van der Waals surface area contributed by atoms with Crippen molar-refractivity contribution in [2.75, 3.05) is 33.4 Å². The van der Waals surface area contributed by atoms with Gasteiger partial charge in [0.25, 0.3) is 0 Å². The molecule has 1 saturated heterocycles. The Kier molecular flexibility index (Phi) is 5.46. The van der Waals surface area contributed by atoms with Crippen LogP contribution >= 0.6 is 0 Å². The molecular weight excluding hydrogens is 226 g/mol. The van der Waals surface area contributed by atoms with Gasteiger partial charge in [0, 0.05) is 32.3 Å². The maximum Gasteiger partial charge on any atom is 0.0672 e. The second-order valence-corrected chi connectivity index (χ2v) is 5.97. The number of nitrogens with one attached hydrogen (secondary N) is 1. The van der Waals surface area contributed by atoms with Gasteiger partial charge >= 0.3 is 0 Å². The van der Waals surface area contributed by atoms with Crippen LogP contribution < -0.4 is 5.32 Å². The predicted octanol–water partition coefficient (Wildman–Crippen LogP) is 2.60. The molecule has 0 aromatic heterocycles. The molecule has 1 aliphatic heterocycles. The number of unbranched alkanes of at least 4 members (excludes halogenated alkanes) is 1. The third-order valence-corrected chi connectivity index (χ3v) is 4.55. The van der Waals surface area contributed by atoms with Crippen LogP contribution in [0.15, 0.2) is 0 Å². The van der Waals surface area contributed by atoms with Crippen LogP contribution in [0.4, 0.5) is 0 Å². The highest BCUT2D eigenvalue weighted by atomic mass is 16.5. The summed E-state index contributed by atoms with van der Waals surface area (Å²) in [6.07, 6.45) is 8.29. The number of hydrogen-bond acceptors (Lipinski definition) is 3. The van der Waals surface area contributed by atoms with E-state index in [4.69, 9.17) is 9.47 Å². The summed E-state index contributed by atoms with van der Waals surface area (Å²) in [7, 11) is 1.79. The fraction of sp³-hybridized carbons (Fsp3) is 1.00. The lowest BCUT2D eigenvalue weighted by Gasteiger charge is -2.35. The second kappa shape index (κ2) is 6.88. The maximum absolute atomic E-state index is 6.08. The first kappa shape index (κ1) is 14.3. The van der Waals surface area contributed by atoms with Crippen LogP contribution in [0.5, 0.6) is 0 Å². The average molecular weight is 255 g/mol. The monoisotopic (exact) mass is 255 g/mol. The Bertz CT molecular complexity index is 243. The molecule has 2 rings (SSSR count). The molecule has 2 atom stereocenters. The molecule has 1 aliphatic carbocycles. The van der Waals surface area contributed by atoms with Gasteiger partial charge in [0.15, 0.2) is 0 Å². The molecule has 3 heteroatoms. The van der Waals surface area contributed by atoms with Gasteiger partial charge < -0.3 is 14.8 Å². The van der Waals surface area contributed by atoms with Gasteiger partial charge in [-0.2, -0.15) is 0 Å². The molecule has 2 aliphatic rings. The summed E-state index contributed by atoms with van der Waals surface area (Å²) in [4.78, 5) is 0. The van der Waals surface area contributed by atoms with Crippen LogP contribution in [0.1, 0.15) is 45.4 Å². The molecule has 18 heavy (non-hydrogen) atoms. The van der Waals surface area contributed by atoms with Gasteiger partial charge in [-0.3, -0.25) is 0 Å². The molecule has 2 unspecified atom stereocenters. The SMILES string of the molecule is CCNCC1(CCCCOC)CCOC1C1CC1. The Morgan fingerprint density at radius 3 is 2.83 bits per heavy atom. The lowest BCUT2D eigenvalue weighted by Crippen LogP contribution is -2.42. The Morgan fingerprint density at radius 2 is 2.17 bits per heavy atom. The van der Waals surface area contributed by atoms with E-state index in [1.54, 1.807) is 7.11 Å². The minimum absolute atomic E-state index is 0.408. The van der Waals surface area contributed by atoms with Crippen molar-refractivity contribution >= 4 is 0 Å². The van der Waals surface area contributed by atoms with Crippen molar-refractivity contribution < 1.29 is 9.47 Å². The van der Waals surface area contributed by atoms with E-state index >= 15 is 0 Å². The minimum Gasteiger partial charge on any atom is -0.385 e. The Labute approximate surface area is 112 Å². The largest absolute Gasteiger partial charge is 0.385 e. The molecule has 0 spiro atoms. The molecule has 0 radical (unpaired) electrons. The molecule has 106 valence electrons. The fourth-order valence-electron chi connectivity index (χ4n) is 3.39. The normalized spacial score (nSPS) is 32.0. The first-order chi connectivity index (χ1) is 8.82. The van der Waals surface area contributed by atoms with Crippen molar-refractivity contribution in [3.05, 3.63) is 0 Å². The van der Waals surface area contributed by atoms with Crippen LogP contribution in [0, 0.1) is 11.3 Å². The molecule has 0 aromatic rings. The molecule has 0 bridgehead atoms. The lowest BCUT2D eigenvalue weighted by atomic mass is 9.74. The molecule has 1 saturated carbocycles. The van der Waals surface area contributed by atoms with Crippen LogP contribution in [0.2, 0.25) is 0 Å².